The van der Waals surface area contributed by atoms with Gasteiger partial charge in [-0.25, -0.2) is 4.98 Å². The van der Waals surface area contributed by atoms with Crippen molar-refractivity contribution in [2.24, 2.45) is 5.92 Å². The lowest BCUT2D eigenvalue weighted by Gasteiger charge is -2.29. The number of fused-ring (bicyclic) bond motifs is 1. The molecule has 3 heteroatoms. The van der Waals surface area contributed by atoms with Crippen molar-refractivity contribution >= 4 is 11.0 Å². The van der Waals surface area contributed by atoms with Crippen molar-refractivity contribution in [1.29, 1.82) is 0 Å². The third-order valence-corrected chi connectivity index (χ3v) is 4.97. The number of para-hydroxylation sites is 2. The van der Waals surface area contributed by atoms with E-state index in [0.717, 1.165) is 36.4 Å². The molecule has 1 aliphatic rings. The van der Waals surface area contributed by atoms with Crippen LogP contribution in [-0.2, 0) is 6.54 Å². The summed E-state index contributed by atoms with van der Waals surface area (Å²) in [6.07, 6.45) is 6.87. The first kappa shape index (κ1) is 14.6. The van der Waals surface area contributed by atoms with Crippen LogP contribution in [0.1, 0.15) is 44.9 Å². The first-order chi connectivity index (χ1) is 10.3. The van der Waals surface area contributed by atoms with E-state index < -0.39 is 0 Å². The lowest BCUT2D eigenvalue weighted by molar-refractivity contribution is 0.278. The number of nitrogens with one attached hydrogen (secondary N) is 1. The second-order valence-electron chi connectivity index (χ2n) is 6.39. The van der Waals surface area contributed by atoms with Crippen LogP contribution in [0.5, 0.6) is 0 Å². The number of aromatic nitrogens is 2. The van der Waals surface area contributed by atoms with Gasteiger partial charge < -0.3 is 9.88 Å². The van der Waals surface area contributed by atoms with Gasteiger partial charge in [0.1, 0.15) is 5.82 Å². The monoisotopic (exact) mass is 285 g/mol. The quantitative estimate of drug-likeness (QED) is 0.903. The normalized spacial score (nSPS) is 22.8. The van der Waals surface area contributed by atoms with Gasteiger partial charge in [-0.2, -0.15) is 0 Å². The molecule has 0 radical (unpaired) electrons. The molecule has 21 heavy (non-hydrogen) atoms. The zero-order chi connectivity index (χ0) is 14.7. The minimum absolute atomic E-state index is 0.721. The Balaban J connectivity index is 1.58. The van der Waals surface area contributed by atoms with Crippen LogP contribution in [0.3, 0.4) is 0 Å². The Bertz CT molecular complexity index is 587. The number of benzene rings is 1. The molecule has 0 spiro atoms. The Labute approximate surface area is 127 Å². The number of rotatable bonds is 5. The Hall–Kier alpha value is -1.35. The maximum absolute atomic E-state index is 4.64. The molecular weight excluding hydrogens is 258 g/mol. The average molecular weight is 285 g/mol. The van der Waals surface area contributed by atoms with Gasteiger partial charge in [0.05, 0.1) is 11.0 Å². The van der Waals surface area contributed by atoms with Gasteiger partial charge in [-0.3, -0.25) is 0 Å². The number of imidazole rings is 1. The summed E-state index contributed by atoms with van der Waals surface area (Å²) >= 11 is 0. The van der Waals surface area contributed by atoms with E-state index in [-0.39, 0.29) is 0 Å². The third kappa shape index (κ3) is 3.29. The molecule has 0 aliphatic heterocycles. The molecule has 0 saturated heterocycles. The second-order valence-corrected chi connectivity index (χ2v) is 6.39. The van der Waals surface area contributed by atoms with Crippen molar-refractivity contribution in [1.82, 2.24) is 14.9 Å². The smallest absolute Gasteiger partial charge is 0.106 e. The molecule has 0 amide bonds. The van der Waals surface area contributed by atoms with Crippen LogP contribution in [-0.4, -0.2) is 22.1 Å². The average Bonchev–Trinajstić information content (AvgIpc) is 2.83. The lowest BCUT2D eigenvalue weighted by atomic mass is 9.84. The van der Waals surface area contributed by atoms with E-state index >= 15 is 0 Å². The molecule has 2 aromatic rings. The van der Waals surface area contributed by atoms with Gasteiger partial charge >= 0.3 is 0 Å². The number of hydrogen-bond donors (Lipinski definition) is 1. The summed E-state index contributed by atoms with van der Waals surface area (Å²) in [5.41, 5.74) is 2.37. The van der Waals surface area contributed by atoms with Crippen molar-refractivity contribution in [2.45, 2.75) is 58.5 Å². The molecule has 2 atom stereocenters. The maximum Gasteiger partial charge on any atom is 0.106 e. The summed E-state index contributed by atoms with van der Waals surface area (Å²) in [5, 5.41) is 3.77. The molecule has 1 heterocycles. The number of nitrogens with zero attached hydrogens (tertiary/aromatic N) is 2. The fourth-order valence-electron chi connectivity index (χ4n) is 3.71. The predicted octanol–water partition coefficient (Wildman–Crippen LogP) is 3.90. The SMILES string of the molecule is CCC1CCCC(NCCn2c(C)nc3ccccc32)C1. The summed E-state index contributed by atoms with van der Waals surface area (Å²) < 4.78 is 2.34. The number of hydrogen-bond acceptors (Lipinski definition) is 2. The van der Waals surface area contributed by atoms with E-state index in [1.165, 1.54) is 37.6 Å². The molecule has 3 rings (SSSR count). The molecule has 1 saturated carbocycles. The van der Waals surface area contributed by atoms with Crippen molar-refractivity contribution in [2.75, 3.05) is 6.54 Å². The van der Waals surface area contributed by atoms with Gasteiger partial charge in [0, 0.05) is 19.1 Å². The highest BCUT2D eigenvalue weighted by molar-refractivity contribution is 5.75. The fourth-order valence-corrected chi connectivity index (χ4v) is 3.71. The van der Waals surface area contributed by atoms with Crippen LogP contribution in [0, 0.1) is 12.8 Å². The van der Waals surface area contributed by atoms with E-state index in [0.29, 0.717) is 0 Å². The Morgan fingerprint density at radius 2 is 2.14 bits per heavy atom. The molecule has 1 aliphatic carbocycles. The topological polar surface area (TPSA) is 29.9 Å². The molecule has 2 unspecified atom stereocenters. The van der Waals surface area contributed by atoms with Gasteiger partial charge in [-0.1, -0.05) is 38.3 Å². The molecule has 0 bridgehead atoms. The first-order valence-electron chi connectivity index (χ1n) is 8.43. The van der Waals surface area contributed by atoms with E-state index in [1.54, 1.807) is 0 Å². The molecule has 1 N–H and O–H groups in total. The first-order valence-corrected chi connectivity index (χ1v) is 8.43. The van der Waals surface area contributed by atoms with Crippen LogP contribution in [0.2, 0.25) is 0 Å². The van der Waals surface area contributed by atoms with E-state index in [4.69, 9.17) is 0 Å². The van der Waals surface area contributed by atoms with Gasteiger partial charge in [0.2, 0.25) is 0 Å². The minimum atomic E-state index is 0.721. The number of aryl methyl sites for hydroxylation is 1. The molecule has 3 nitrogen and oxygen atoms in total. The summed E-state index contributed by atoms with van der Waals surface area (Å²) in [6, 6.07) is 9.14. The summed E-state index contributed by atoms with van der Waals surface area (Å²) in [5.74, 6) is 2.06. The zero-order valence-electron chi connectivity index (χ0n) is 13.3. The van der Waals surface area contributed by atoms with Crippen LogP contribution >= 0.6 is 0 Å². The van der Waals surface area contributed by atoms with E-state index in [2.05, 4.69) is 53.0 Å². The van der Waals surface area contributed by atoms with E-state index in [1.807, 2.05) is 0 Å². The van der Waals surface area contributed by atoms with Crippen LogP contribution in [0.25, 0.3) is 11.0 Å². The highest BCUT2D eigenvalue weighted by Gasteiger charge is 2.20. The van der Waals surface area contributed by atoms with Crippen LogP contribution in [0.4, 0.5) is 0 Å². The highest BCUT2D eigenvalue weighted by Crippen LogP contribution is 2.26. The van der Waals surface area contributed by atoms with Crippen molar-refractivity contribution in [3.63, 3.8) is 0 Å². The minimum Gasteiger partial charge on any atom is -0.327 e. The van der Waals surface area contributed by atoms with Gasteiger partial charge in [-0.15, -0.1) is 0 Å². The Morgan fingerprint density at radius 3 is 3.00 bits per heavy atom. The Morgan fingerprint density at radius 1 is 1.29 bits per heavy atom. The summed E-state index contributed by atoms with van der Waals surface area (Å²) in [7, 11) is 0. The summed E-state index contributed by atoms with van der Waals surface area (Å²) in [6.45, 7) is 6.49. The van der Waals surface area contributed by atoms with Crippen molar-refractivity contribution in [3.8, 4) is 0 Å². The molecule has 1 aromatic carbocycles. The highest BCUT2D eigenvalue weighted by atomic mass is 15.1. The second kappa shape index (κ2) is 6.61. The largest absolute Gasteiger partial charge is 0.327 e. The van der Waals surface area contributed by atoms with Crippen LogP contribution in [0.15, 0.2) is 24.3 Å². The Kier molecular flexibility index (Phi) is 4.59. The fraction of sp³-hybridized carbons (Fsp3) is 0.611. The molecule has 1 aromatic heterocycles. The van der Waals surface area contributed by atoms with Gasteiger partial charge in [-0.05, 0) is 37.8 Å². The molecule has 1 fully saturated rings. The van der Waals surface area contributed by atoms with Gasteiger partial charge in [0.25, 0.3) is 0 Å². The maximum atomic E-state index is 4.64. The predicted molar refractivity (Wildman–Crippen MR) is 88.5 cm³/mol. The van der Waals surface area contributed by atoms with E-state index in [9.17, 15) is 0 Å². The molecule has 114 valence electrons. The standard InChI is InChI=1S/C18H27N3/c1-3-15-7-6-8-16(13-15)19-11-12-21-14(2)20-17-9-4-5-10-18(17)21/h4-5,9-10,15-16,19H,3,6-8,11-13H2,1-2H3. The van der Waals surface area contributed by atoms with Crippen LogP contribution < -0.4 is 5.32 Å². The molecular formula is C18H27N3. The summed E-state index contributed by atoms with van der Waals surface area (Å²) in [4.78, 5) is 4.64. The van der Waals surface area contributed by atoms with Crippen molar-refractivity contribution < 1.29 is 0 Å². The third-order valence-electron chi connectivity index (χ3n) is 4.97. The lowest BCUT2D eigenvalue weighted by Crippen LogP contribution is -2.36. The zero-order valence-corrected chi connectivity index (χ0v) is 13.3. The van der Waals surface area contributed by atoms with Gasteiger partial charge in [0.15, 0.2) is 0 Å². The van der Waals surface area contributed by atoms with Crippen molar-refractivity contribution in [3.05, 3.63) is 30.1 Å².